The van der Waals surface area contributed by atoms with E-state index in [1.54, 1.807) is 38.1 Å². The molecule has 10 nitrogen and oxygen atoms in total. The second-order valence-corrected chi connectivity index (χ2v) is 10.5. The molecule has 0 saturated carbocycles. The molecule has 0 aliphatic rings. The molecule has 6 rings (SSSR count). The minimum absolute atomic E-state index is 0. The first kappa shape index (κ1) is 34.2. The van der Waals surface area contributed by atoms with E-state index in [1.807, 2.05) is 86.6 Å². The zero-order valence-electron chi connectivity index (χ0n) is 26.3. The molecule has 0 fully saturated rings. The normalized spacial score (nSPS) is 11.0. The molecule has 0 saturated heterocycles. The summed E-state index contributed by atoms with van der Waals surface area (Å²) in [5, 5.41) is 49.3. The van der Waals surface area contributed by atoms with Crippen molar-refractivity contribution in [2.45, 2.75) is 27.7 Å². The van der Waals surface area contributed by atoms with Crippen LogP contribution in [-0.4, -0.2) is 52.4 Å². The summed E-state index contributed by atoms with van der Waals surface area (Å²) in [6.07, 6.45) is 3.05. The number of aliphatic imine (C=N–C) groups is 2. The molecule has 0 unspecified atom stereocenters. The predicted octanol–water partition coefficient (Wildman–Crippen LogP) is 7.30. The zero-order valence-corrected chi connectivity index (χ0v) is 27.5. The van der Waals surface area contributed by atoms with Gasteiger partial charge in [0.05, 0.1) is 33.9 Å². The maximum atomic E-state index is 10.4. The number of rotatable bonds is 6. The van der Waals surface area contributed by atoms with E-state index in [-0.39, 0.29) is 40.6 Å². The zero-order chi connectivity index (χ0) is 32.8. The van der Waals surface area contributed by atoms with Gasteiger partial charge in [-0.25, -0.2) is 9.36 Å². The van der Waals surface area contributed by atoms with Gasteiger partial charge in [-0.3, -0.25) is 9.98 Å². The fraction of sp³-hybridized carbons (Fsp3) is 0.111. The summed E-state index contributed by atoms with van der Waals surface area (Å²) in [7, 11) is 0. The summed E-state index contributed by atoms with van der Waals surface area (Å²) in [6, 6.07) is 29.2. The number of hydrogen-bond donors (Lipinski definition) is 4. The van der Waals surface area contributed by atoms with Crippen molar-refractivity contribution in [3.8, 4) is 34.6 Å². The number of para-hydroxylation sites is 4. The topological polar surface area (TPSA) is 141 Å². The van der Waals surface area contributed by atoms with E-state index in [1.165, 1.54) is 21.8 Å². The van der Waals surface area contributed by atoms with Crippen molar-refractivity contribution in [2.24, 2.45) is 9.98 Å². The van der Waals surface area contributed by atoms with E-state index in [2.05, 4.69) is 20.2 Å². The van der Waals surface area contributed by atoms with E-state index in [4.69, 9.17) is 0 Å². The monoisotopic (exact) mass is 666 g/mol. The van der Waals surface area contributed by atoms with E-state index < -0.39 is 0 Å². The summed E-state index contributed by atoms with van der Waals surface area (Å²) < 4.78 is 2.93. The Morgan fingerprint density at radius 3 is 1.21 bits per heavy atom. The second kappa shape index (κ2) is 15.1. The summed E-state index contributed by atoms with van der Waals surface area (Å²) in [5.41, 5.74) is 6.58. The Bertz CT molecular complexity index is 1850. The van der Waals surface area contributed by atoms with Gasteiger partial charge < -0.3 is 20.4 Å². The van der Waals surface area contributed by atoms with Crippen LogP contribution in [0.2, 0.25) is 0 Å². The van der Waals surface area contributed by atoms with Gasteiger partial charge in [-0.1, -0.05) is 60.7 Å². The summed E-state index contributed by atoms with van der Waals surface area (Å²) >= 11 is 0. The van der Waals surface area contributed by atoms with Crippen LogP contribution < -0.4 is 0 Å². The number of phenolic OH excluding ortho intramolecular Hbond substituents is 2. The van der Waals surface area contributed by atoms with Crippen LogP contribution in [-0.2, 0) is 17.4 Å². The molecule has 0 bridgehead atoms. The Kier molecular flexibility index (Phi) is 11.0. The molecule has 0 amide bonds. The van der Waals surface area contributed by atoms with Gasteiger partial charge in [0.15, 0.2) is 0 Å². The molecule has 4 N–H and O–H groups in total. The quantitative estimate of drug-likeness (QED) is 0.138. The van der Waals surface area contributed by atoms with E-state index >= 15 is 0 Å². The first-order valence-electron chi connectivity index (χ1n) is 14.5. The van der Waals surface area contributed by atoms with Crippen molar-refractivity contribution in [2.75, 3.05) is 0 Å². The largest absolute Gasteiger partial charge is 0.506 e. The molecule has 2 heterocycles. The Balaban J connectivity index is 0.000000208. The average Bonchev–Trinajstić information content (AvgIpc) is 3.50. The third-order valence-corrected chi connectivity index (χ3v) is 7.24. The van der Waals surface area contributed by atoms with Crippen molar-refractivity contribution in [1.82, 2.24) is 19.6 Å². The third-order valence-electron chi connectivity index (χ3n) is 7.24. The van der Waals surface area contributed by atoms with Gasteiger partial charge in [-0.2, -0.15) is 10.2 Å². The van der Waals surface area contributed by atoms with Crippen LogP contribution in [0.4, 0.5) is 11.4 Å². The first-order chi connectivity index (χ1) is 22.2. The molecular formula is C36H34CrN6O4. The number of hydrogen-bond acceptors (Lipinski definition) is 8. The number of aromatic hydroxyl groups is 4. The van der Waals surface area contributed by atoms with E-state index in [9.17, 15) is 20.4 Å². The molecule has 0 atom stereocenters. The molecule has 0 spiro atoms. The minimum atomic E-state index is 0. The van der Waals surface area contributed by atoms with Gasteiger partial charge >= 0.3 is 0 Å². The molecule has 47 heavy (non-hydrogen) atoms. The smallest absolute Gasteiger partial charge is 0.223 e. The van der Waals surface area contributed by atoms with Gasteiger partial charge in [0.1, 0.15) is 22.9 Å². The number of aromatic nitrogens is 4. The van der Waals surface area contributed by atoms with Gasteiger partial charge in [-0.05, 0) is 75.2 Å². The van der Waals surface area contributed by atoms with Crippen LogP contribution in [0.15, 0.2) is 107 Å². The Morgan fingerprint density at radius 1 is 0.511 bits per heavy atom. The van der Waals surface area contributed by atoms with Crippen molar-refractivity contribution in [3.05, 3.63) is 131 Å². The van der Waals surface area contributed by atoms with Crippen LogP contribution >= 0.6 is 0 Å². The van der Waals surface area contributed by atoms with Crippen molar-refractivity contribution >= 4 is 23.8 Å². The first-order valence-corrected chi connectivity index (χ1v) is 14.5. The number of aryl methyl sites for hydroxylation is 4. The van der Waals surface area contributed by atoms with Crippen LogP contribution in [0.1, 0.15) is 33.6 Å². The van der Waals surface area contributed by atoms with Crippen LogP contribution in [0, 0.1) is 27.7 Å². The summed E-state index contributed by atoms with van der Waals surface area (Å²) in [5.74, 6) is 0.249. The van der Waals surface area contributed by atoms with Crippen molar-refractivity contribution in [1.29, 1.82) is 0 Å². The molecule has 238 valence electrons. The Labute approximate surface area is 283 Å². The fourth-order valence-corrected chi connectivity index (χ4v) is 4.74. The number of benzene rings is 4. The minimum Gasteiger partial charge on any atom is -0.506 e. The predicted molar refractivity (Wildman–Crippen MR) is 180 cm³/mol. The van der Waals surface area contributed by atoms with Gasteiger partial charge in [0, 0.05) is 29.8 Å². The molecule has 11 heteroatoms. The maximum Gasteiger partial charge on any atom is 0.223 e. The van der Waals surface area contributed by atoms with E-state index in [0.29, 0.717) is 33.9 Å². The van der Waals surface area contributed by atoms with Gasteiger partial charge in [0.2, 0.25) is 11.8 Å². The van der Waals surface area contributed by atoms with Crippen LogP contribution in [0.25, 0.3) is 11.4 Å². The Hall–Kier alpha value is -5.63. The molecule has 4 aromatic carbocycles. The second-order valence-electron chi connectivity index (χ2n) is 10.5. The van der Waals surface area contributed by atoms with Gasteiger partial charge in [-0.15, -0.1) is 0 Å². The summed E-state index contributed by atoms with van der Waals surface area (Å²) in [4.78, 5) is 8.63. The average molecular weight is 667 g/mol. The number of phenols is 2. The van der Waals surface area contributed by atoms with Crippen molar-refractivity contribution in [3.63, 3.8) is 0 Å². The molecule has 0 aliphatic carbocycles. The fourth-order valence-electron chi connectivity index (χ4n) is 4.74. The molecule has 2 aromatic heterocycles. The van der Waals surface area contributed by atoms with Crippen molar-refractivity contribution < 1.29 is 37.8 Å². The summed E-state index contributed by atoms with van der Waals surface area (Å²) in [6.45, 7) is 7.34. The SMILES string of the molecule is Cc1cccc(O)c1N=Cc1c(C)nn(-c2ccccc2)c1O.Cc1cccc(O)c1N=Cc1c(C)nn(-c2ccccc2)c1O.[Cr]. The van der Waals surface area contributed by atoms with E-state index in [0.717, 1.165) is 22.5 Å². The molecule has 6 aromatic rings. The van der Waals surface area contributed by atoms with Crippen LogP contribution in [0.5, 0.6) is 23.3 Å². The third kappa shape index (κ3) is 7.61. The Morgan fingerprint density at radius 2 is 0.872 bits per heavy atom. The van der Waals surface area contributed by atoms with Crippen LogP contribution in [0.3, 0.4) is 0 Å². The number of nitrogens with zero attached hydrogens (tertiary/aromatic N) is 6. The molecule has 0 radical (unpaired) electrons. The maximum absolute atomic E-state index is 10.4. The molecular weight excluding hydrogens is 632 g/mol. The standard InChI is InChI=1S/2C18H17N3O2.Cr/c2*1-12-7-6-10-16(22)17(12)19-11-15-13(2)20-21(18(15)23)14-8-4-3-5-9-14;/h2*3-11,22-23H,1-2H3;. The molecule has 0 aliphatic heterocycles. The van der Waals surface area contributed by atoms with Gasteiger partial charge in [0.25, 0.3) is 0 Å².